The van der Waals surface area contributed by atoms with E-state index in [1.165, 1.54) is 0 Å². The van der Waals surface area contributed by atoms with Gasteiger partial charge in [0.05, 0.1) is 6.54 Å². The van der Waals surface area contributed by atoms with Crippen LogP contribution in [0.15, 0.2) is 29.5 Å². The summed E-state index contributed by atoms with van der Waals surface area (Å²) in [7, 11) is 0. The maximum atomic E-state index is 4.76. The molecule has 22 heavy (non-hydrogen) atoms. The third kappa shape index (κ3) is 5.40. The van der Waals surface area contributed by atoms with E-state index in [1.54, 1.807) is 12.4 Å². The number of guanidine groups is 1. The van der Waals surface area contributed by atoms with E-state index in [0.717, 1.165) is 50.1 Å². The second-order valence-corrected chi connectivity index (χ2v) is 7.73. The Morgan fingerprint density at radius 1 is 1.41 bits per heavy atom. The van der Waals surface area contributed by atoms with E-state index < -0.39 is 0 Å². The van der Waals surface area contributed by atoms with Crippen molar-refractivity contribution in [2.24, 2.45) is 4.99 Å². The lowest BCUT2D eigenvalue weighted by molar-refractivity contribution is 0.376. The van der Waals surface area contributed by atoms with Crippen LogP contribution in [0.1, 0.15) is 20.8 Å². The number of hydrogen-bond acceptors (Lipinski definition) is 4. The van der Waals surface area contributed by atoms with E-state index in [-0.39, 0.29) is 0 Å². The van der Waals surface area contributed by atoms with E-state index in [2.05, 4.69) is 41.3 Å². The lowest BCUT2D eigenvalue weighted by Crippen LogP contribution is -2.51. The van der Waals surface area contributed by atoms with Gasteiger partial charge < -0.3 is 15.5 Å². The number of aromatic nitrogens is 1. The Bertz CT molecular complexity index is 475. The molecule has 1 aliphatic heterocycles. The van der Waals surface area contributed by atoms with E-state index >= 15 is 0 Å². The maximum Gasteiger partial charge on any atom is 0.194 e. The SMILES string of the molecule is CCNC(=NCCNc1ccncc1)N1CCSC(C)(C)C1. The van der Waals surface area contributed by atoms with E-state index in [4.69, 9.17) is 4.99 Å². The van der Waals surface area contributed by atoms with Crippen molar-refractivity contribution in [3.8, 4) is 0 Å². The Labute approximate surface area is 138 Å². The Kier molecular flexibility index (Phi) is 6.36. The Morgan fingerprint density at radius 3 is 2.86 bits per heavy atom. The summed E-state index contributed by atoms with van der Waals surface area (Å²) < 4.78 is 0.295. The monoisotopic (exact) mass is 321 g/mol. The van der Waals surface area contributed by atoms with Crippen molar-refractivity contribution in [1.82, 2.24) is 15.2 Å². The van der Waals surface area contributed by atoms with Crippen molar-refractivity contribution in [3.63, 3.8) is 0 Å². The molecule has 2 rings (SSSR count). The molecule has 0 radical (unpaired) electrons. The molecule has 0 atom stereocenters. The number of rotatable bonds is 5. The van der Waals surface area contributed by atoms with Crippen LogP contribution in [0.4, 0.5) is 5.69 Å². The number of aliphatic imine (C=N–C) groups is 1. The molecule has 122 valence electrons. The van der Waals surface area contributed by atoms with Gasteiger partial charge in [-0.3, -0.25) is 9.98 Å². The molecule has 1 saturated heterocycles. The number of hydrogen-bond donors (Lipinski definition) is 2. The van der Waals surface area contributed by atoms with Gasteiger partial charge >= 0.3 is 0 Å². The third-order valence-corrected chi connectivity index (χ3v) is 4.74. The molecule has 0 spiro atoms. The van der Waals surface area contributed by atoms with Crippen molar-refractivity contribution in [2.75, 3.05) is 43.8 Å². The minimum absolute atomic E-state index is 0.295. The predicted octanol–water partition coefficient (Wildman–Crippen LogP) is 2.29. The highest BCUT2D eigenvalue weighted by molar-refractivity contribution is 8.00. The molecule has 2 heterocycles. The summed E-state index contributed by atoms with van der Waals surface area (Å²) in [5.41, 5.74) is 1.09. The van der Waals surface area contributed by atoms with Crippen molar-refractivity contribution >= 4 is 23.4 Å². The molecule has 1 fully saturated rings. The third-order valence-electron chi connectivity index (χ3n) is 3.44. The van der Waals surface area contributed by atoms with Gasteiger partial charge in [0.25, 0.3) is 0 Å². The van der Waals surface area contributed by atoms with Crippen LogP contribution in [0.2, 0.25) is 0 Å². The molecule has 0 saturated carbocycles. The number of nitrogens with zero attached hydrogens (tertiary/aromatic N) is 3. The first kappa shape index (κ1) is 16.9. The molecule has 0 unspecified atom stereocenters. The smallest absolute Gasteiger partial charge is 0.194 e. The molecule has 0 aromatic carbocycles. The average Bonchev–Trinajstić information content (AvgIpc) is 2.50. The van der Waals surface area contributed by atoms with Crippen LogP contribution in [-0.2, 0) is 0 Å². The molecular formula is C16H27N5S. The number of nitrogens with one attached hydrogen (secondary N) is 2. The van der Waals surface area contributed by atoms with E-state index in [9.17, 15) is 0 Å². The lowest BCUT2D eigenvalue weighted by atomic mass is 10.2. The van der Waals surface area contributed by atoms with E-state index in [0.29, 0.717) is 4.75 Å². The van der Waals surface area contributed by atoms with Gasteiger partial charge in [0.15, 0.2) is 5.96 Å². The second kappa shape index (κ2) is 8.27. The minimum atomic E-state index is 0.295. The molecule has 2 N–H and O–H groups in total. The molecule has 1 aliphatic rings. The normalized spacial score (nSPS) is 18.1. The van der Waals surface area contributed by atoms with Crippen molar-refractivity contribution in [1.29, 1.82) is 0 Å². The number of thioether (sulfide) groups is 1. The molecule has 1 aromatic heterocycles. The Balaban J connectivity index is 1.87. The highest BCUT2D eigenvalue weighted by Gasteiger charge is 2.28. The fourth-order valence-corrected chi connectivity index (χ4v) is 3.57. The fraction of sp³-hybridized carbons (Fsp3) is 0.625. The van der Waals surface area contributed by atoms with Crippen molar-refractivity contribution < 1.29 is 0 Å². The molecule has 5 nitrogen and oxygen atoms in total. The summed E-state index contributed by atoms with van der Waals surface area (Å²) in [6, 6.07) is 3.94. The molecule has 0 aliphatic carbocycles. The minimum Gasteiger partial charge on any atom is -0.383 e. The largest absolute Gasteiger partial charge is 0.383 e. The van der Waals surface area contributed by atoms with Crippen LogP contribution in [0.3, 0.4) is 0 Å². The second-order valence-electron chi connectivity index (χ2n) is 5.93. The van der Waals surface area contributed by atoms with Crippen LogP contribution in [0.25, 0.3) is 0 Å². The summed E-state index contributed by atoms with van der Waals surface area (Å²) in [5, 5.41) is 6.78. The summed E-state index contributed by atoms with van der Waals surface area (Å²) in [4.78, 5) is 11.2. The molecule has 1 aromatic rings. The van der Waals surface area contributed by atoms with E-state index in [1.807, 2.05) is 23.9 Å². The summed E-state index contributed by atoms with van der Waals surface area (Å²) in [6.07, 6.45) is 3.59. The highest BCUT2D eigenvalue weighted by atomic mass is 32.2. The topological polar surface area (TPSA) is 52.6 Å². The standard InChI is InChI=1S/C16H27N5S/c1-4-18-15(21-11-12-22-16(2,3)13-21)20-10-9-19-14-5-7-17-8-6-14/h5-8H,4,9-13H2,1-3H3,(H,17,19)(H,18,20). The number of anilines is 1. The van der Waals surface area contributed by atoms with Crippen LogP contribution in [-0.4, -0.2) is 59.1 Å². The van der Waals surface area contributed by atoms with Gasteiger partial charge in [-0.15, -0.1) is 0 Å². The summed E-state index contributed by atoms with van der Waals surface area (Å²) >= 11 is 2.04. The lowest BCUT2D eigenvalue weighted by Gasteiger charge is -2.39. The van der Waals surface area contributed by atoms with Gasteiger partial charge in [-0.05, 0) is 32.9 Å². The zero-order valence-electron chi connectivity index (χ0n) is 13.8. The van der Waals surface area contributed by atoms with Gasteiger partial charge in [-0.25, -0.2) is 0 Å². The van der Waals surface area contributed by atoms with Crippen molar-refractivity contribution in [3.05, 3.63) is 24.5 Å². The summed E-state index contributed by atoms with van der Waals surface area (Å²) in [6.45, 7) is 11.3. The Hall–Kier alpha value is -1.43. The average molecular weight is 321 g/mol. The first-order valence-electron chi connectivity index (χ1n) is 7.92. The molecule has 0 bridgehead atoms. The van der Waals surface area contributed by atoms with Gasteiger partial charge in [0.2, 0.25) is 0 Å². The molecule has 0 amide bonds. The fourth-order valence-electron chi connectivity index (χ4n) is 2.45. The first-order chi connectivity index (χ1) is 10.6. The summed E-state index contributed by atoms with van der Waals surface area (Å²) in [5.74, 6) is 2.19. The molecule has 6 heteroatoms. The quantitative estimate of drug-likeness (QED) is 0.495. The number of pyridine rings is 1. The van der Waals surface area contributed by atoms with Crippen LogP contribution >= 0.6 is 11.8 Å². The first-order valence-corrected chi connectivity index (χ1v) is 8.90. The van der Waals surface area contributed by atoms with Gasteiger partial charge in [0, 0.05) is 54.8 Å². The zero-order chi connectivity index (χ0) is 15.8. The van der Waals surface area contributed by atoms with Gasteiger partial charge in [-0.2, -0.15) is 11.8 Å². The van der Waals surface area contributed by atoms with Gasteiger partial charge in [-0.1, -0.05) is 0 Å². The Morgan fingerprint density at radius 2 is 2.18 bits per heavy atom. The molecular weight excluding hydrogens is 294 g/mol. The van der Waals surface area contributed by atoms with Crippen LogP contribution < -0.4 is 10.6 Å². The maximum absolute atomic E-state index is 4.76. The van der Waals surface area contributed by atoms with Gasteiger partial charge in [0.1, 0.15) is 0 Å². The highest BCUT2D eigenvalue weighted by Crippen LogP contribution is 2.29. The predicted molar refractivity (Wildman–Crippen MR) is 96.8 cm³/mol. The van der Waals surface area contributed by atoms with Crippen LogP contribution in [0, 0.1) is 0 Å². The van der Waals surface area contributed by atoms with Crippen molar-refractivity contribution in [2.45, 2.75) is 25.5 Å². The van der Waals surface area contributed by atoms with Crippen LogP contribution in [0.5, 0.6) is 0 Å². The zero-order valence-corrected chi connectivity index (χ0v) is 14.6.